The molecule has 1 aliphatic rings. The molecule has 0 spiro atoms. The minimum absolute atomic E-state index is 0.0468. The molecule has 0 bridgehead atoms. The highest BCUT2D eigenvalue weighted by molar-refractivity contribution is 5.94. The van der Waals surface area contributed by atoms with Gasteiger partial charge >= 0.3 is 6.09 Å². The van der Waals surface area contributed by atoms with E-state index in [0.717, 1.165) is 5.56 Å². The Morgan fingerprint density at radius 3 is 2.51 bits per heavy atom. The Morgan fingerprint density at radius 2 is 1.89 bits per heavy atom. The van der Waals surface area contributed by atoms with E-state index in [4.69, 9.17) is 4.74 Å². The smallest absolute Gasteiger partial charge is 0.407 e. The number of carbonyl (C=O) groups is 1. The fraction of sp³-hybridized carbons (Fsp3) is 0.360. The maximum absolute atomic E-state index is 15.2. The molecule has 5 rings (SSSR count). The number of carbonyl (C=O) groups excluding carboxylic acids is 1. The number of halogens is 2. The Labute approximate surface area is 200 Å². The van der Waals surface area contributed by atoms with Gasteiger partial charge in [0, 0.05) is 30.2 Å². The second-order valence-electron chi connectivity index (χ2n) is 9.96. The zero-order valence-electron chi connectivity index (χ0n) is 19.9. The standard InChI is InChI=1S/C25H26F2N6O2/c1-25(2,3)35-24(34)30-16-5-13(6-16)14-7-18(26)22(19(27)8-14)20-9-17-21(11-28-20)31-32-23(17)15-10-29-33(4)12-15/h7-13,16H,5-6H2,1-4H3,(H,30,34)(H,31,32). The molecule has 3 aromatic heterocycles. The molecule has 182 valence electrons. The van der Waals surface area contributed by atoms with Crippen molar-refractivity contribution in [2.24, 2.45) is 7.05 Å². The number of nitrogens with one attached hydrogen (secondary N) is 2. The quantitative estimate of drug-likeness (QED) is 0.425. The van der Waals surface area contributed by atoms with E-state index in [0.29, 0.717) is 35.0 Å². The van der Waals surface area contributed by atoms with Crippen LogP contribution in [0.1, 0.15) is 45.1 Å². The first kappa shape index (κ1) is 22.9. The van der Waals surface area contributed by atoms with Crippen LogP contribution >= 0.6 is 0 Å². The second kappa shape index (κ2) is 8.44. The zero-order valence-corrected chi connectivity index (χ0v) is 19.9. The first-order valence-electron chi connectivity index (χ1n) is 11.4. The van der Waals surface area contributed by atoms with Crippen molar-refractivity contribution in [3.05, 3.63) is 54.0 Å². The van der Waals surface area contributed by atoms with Crippen LogP contribution in [0.2, 0.25) is 0 Å². The van der Waals surface area contributed by atoms with E-state index in [9.17, 15) is 4.79 Å². The normalized spacial score (nSPS) is 17.9. The van der Waals surface area contributed by atoms with Crippen molar-refractivity contribution in [3.8, 4) is 22.5 Å². The van der Waals surface area contributed by atoms with Gasteiger partial charge in [-0.25, -0.2) is 13.6 Å². The number of aromatic amines is 1. The van der Waals surface area contributed by atoms with Crippen LogP contribution in [-0.4, -0.2) is 42.7 Å². The summed E-state index contributed by atoms with van der Waals surface area (Å²) in [5.41, 5.74) is 2.05. The van der Waals surface area contributed by atoms with Crippen LogP contribution in [0.15, 0.2) is 36.8 Å². The van der Waals surface area contributed by atoms with Gasteiger partial charge in [-0.1, -0.05) is 0 Å². The summed E-state index contributed by atoms with van der Waals surface area (Å²) in [6.45, 7) is 5.38. The van der Waals surface area contributed by atoms with Crippen LogP contribution in [0.4, 0.5) is 13.6 Å². The molecule has 0 unspecified atom stereocenters. The van der Waals surface area contributed by atoms with Crippen molar-refractivity contribution in [2.45, 2.75) is 51.2 Å². The predicted molar refractivity (Wildman–Crippen MR) is 127 cm³/mol. The summed E-state index contributed by atoms with van der Waals surface area (Å²) >= 11 is 0. The summed E-state index contributed by atoms with van der Waals surface area (Å²) in [5.74, 6) is -1.40. The maximum Gasteiger partial charge on any atom is 0.407 e. The van der Waals surface area contributed by atoms with Gasteiger partial charge in [-0.2, -0.15) is 10.2 Å². The molecule has 1 amide bonds. The number of rotatable bonds is 4. The Balaban J connectivity index is 1.36. The molecule has 1 saturated carbocycles. The number of pyridine rings is 1. The van der Waals surface area contributed by atoms with Gasteiger partial charge < -0.3 is 10.1 Å². The Kier molecular flexibility index (Phi) is 5.53. The molecule has 35 heavy (non-hydrogen) atoms. The number of aromatic nitrogens is 5. The third-order valence-electron chi connectivity index (χ3n) is 6.08. The van der Waals surface area contributed by atoms with Crippen LogP contribution in [0.5, 0.6) is 0 Å². The molecule has 3 heterocycles. The number of benzene rings is 1. The Bertz CT molecular complexity index is 1390. The van der Waals surface area contributed by atoms with Gasteiger partial charge in [-0.05, 0) is 63.3 Å². The molecule has 8 nitrogen and oxygen atoms in total. The van der Waals surface area contributed by atoms with E-state index in [1.54, 1.807) is 44.8 Å². The molecule has 1 aliphatic carbocycles. The summed E-state index contributed by atoms with van der Waals surface area (Å²) < 4.78 is 37.2. The molecular weight excluding hydrogens is 454 g/mol. The average Bonchev–Trinajstić information content (AvgIpc) is 3.34. The number of nitrogens with zero attached hydrogens (tertiary/aromatic N) is 4. The van der Waals surface area contributed by atoms with Crippen molar-refractivity contribution in [1.29, 1.82) is 0 Å². The fourth-order valence-corrected chi connectivity index (χ4v) is 4.37. The second-order valence-corrected chi connectivity index (χ2v) is 9.96. The molecule has 2 N–H and O–H groups in total. The van der Waals surface area contributed by atoms with Crippen LogP contribution in [0.25, 0.3) is 33.4 Å². The van der Waals surface area contributed by atoms with Crippen LogP contribution in [0, 0.1) is 11.6 Å². The lowest BCUT2D eigenvalue weighted by Crippen LogP contribution is -2.45. The molecule has 10 heteroatoms. The predicted octanol–water partition coefficient (Wildman–Crippen LogP) is 5.07. The first-order chi connectivity index (χ1) is 16.6. The van der Waals surface area contributed by atoms with Crippen LogP contribution in [-0.2, 0) is 11.8 Å². The summed E-state index contributed by atoms with van der Waals surface area (Å²) in [6.07, 6.45) is 5.70. The van der Waals surface area contributed by atoms with E-state index in [1.165, 1.54) is 18.3 Å². The van der Waals surface area contributed by atoms with Crippen molar-refractivity contribution in [1.82, 2.24) is 30.3 Å². The van der Waals surface area contributed by atoms with Gasteiger partial charge in [0.1, 0.15) is 22.9 Å². The molecule has 0 radical (unpaired) electrons. The highest BCUT2D eigenvalue weighted by atomic mass is 19.1. The highest BCUT2D eigenvalue weighted by Crippen LogP contribution is 2.39. The van der Waals surface area contributed by atoms with Gasteiger partial charge in [-0.3, -0.25) is 14.8 Å². The maximum atomic E-state index is 15.2. The van der Waals surface area contributed by atoms with E-state index in [1.807, 2.05) is 6.20 Å². The lowest BCUT2D eigenvalue weighted by molar-refractivity contribution is 0.0471. The molecule has 1 fully saturated rings. The molecule has 0 aliphatic heterocycles. The number of hydrogen-bond acceptors (Lipinski definition) is 5. The van der Waals surface area contributed by atoms with E-state index in [-0.39, 0.29) is 23.2 Å². The minimum atomic E-state index is -0.679. The first-order valence-corrected chi connectivity index (χ1v) is 11.4. The van der Waals surface area contributed by atoms with Gasteiger partial charge in [0.05, 0.1) is 29.2 Å². The number of aryl methyl sites for hydroxylation is 1. The molecule has 0 atom stereocenters. The molecule has 1 aromatic carbocycles. The third-order valence-corrected chi connectivity index (χ3v) is 6.08. The Hall–Kier alpha value is -3.82. The fourth-order valence-electron chi connectivity index (χ4n) is 4.37. The van der Waals surface area contributed by atoms with Crippen molar-refractivity contribution >= 4 is 17.0 Å². The Morgan fingerprint density at radius 1 is 1.17 bits per heavy atom. The number of alkyl carbamates (subject to hydrolysis) is 1. The summed E-state index contributed by atoms with van der Waals surface area (Å²) in [5, 5.41) is 14.9. The van der Waals surface area contributed by atoms with Gasteiger partial charge in [0.25, 0.3) is 0 Å². The highest BCUT2D eigenvalue weighted by Gasteiger charge is 2.33. The summed E-state index contributed by atoms with van der Waals surface area (Å²) in [4.78, 5) is 16.2. The lowest BCUT2D eigenvalue weighted by atomic mass is 9.75. The third kappa shape index (κ3) is 4.60. The number of ether oxygens (including phenoxy) is 1. The molecular formula is C25H26F2N6O2. The SMILES string of the molecule is Cn1cc(-c2n[nH]c3cnc(-c4c(F)cc(C5CC(NC(=O)OC(C)(C)C)C5)cc4F)cc23)cn1. The molecule has 4 aromatic rings. The zero-order chi connectivity index (χ0) is 24.9. The van der Waals surface area contributed by atoms with Crippen LogP contribution < -0.4 is 5.32 Å². The van der Waals surface area contributed by atoms with E-state index >= 15 is 8.78 Å². The average molecular weight is 481 g/mol. The van der Waals surface area contributed by atoms with Crippen LogP contribution in [0.3, 0.4) is 0 Å². The lowest BCUT2D eigenvalue weighted by Gasteiger charge is -2.36. The number of H-pyrrole nitrogens is 1. The van der Waals surface area contributed by atoms with Crippen molar-refractivity contribution < 1.29 is 18.3 Å². The number of hydrogen-bond donors (Lipinski definition) is 2. The summed E-state index contributed by atoms with van der Waals surface area (Å²) in [7, 11) is 1.80. The van der Waals surface area contributed by atoms with Crippen molar-refractivity contribution in [3.63, 3.8) is 0 Å². The van der Waals surface area contributed by atoms with Gasteiger partial charge in [0.2, 0.25) is 0 Å². The van der Waals surface area contributed by atoms with Crippen molar-refractivity contribution in [2.75, 3.05) is 0 Å². The number of fused-ring (bicyclic) bond motifs is 1. The van der Waals surface area contributed by atoms with E-state index in [2.05, 4.69) is 25.6 Å². The minimum Gasteiger partial charge on any atom is -0.444 e. The monoisotopic (exact) mass is 480 g/mol. The summed E-state index contributed by atoms with van der Waals surface area (Å²) in [6, 6.07) is 4.26. The van der Waals surface area contributed by atoms with Gasteiger partial charge in [0.15, 0.2) is 0 Å². The van der Waals surface area contributed by atoms with Gasteiger partial charge in [-0.15, -0.1) is 0 Å². The topological polar surface area (TPSA) is 97.7 Å². The molecule has 0 saturated heterocycles. The van der Waals surface area contributed by atoms with E-state index < -0.39 is 23.3 Å². The number of amides is 1. The largest absolute Gasteiger partial charge is 0.444 e.